The average molecular weight is 493 g/mol. The highest BCUT2D eigenvalue weighted by Crippen LogP contribution is 2.37. The minimum absolute atomic E-state index is 0.103. The van der Waals surface area contributed by atoms with E-state index >= 15 is 0 Å². The lowest BCUT2D eigenvalue weighted by Gasteiger charge is -2.35. The molecule has 1 N–H and O–H groups in total. The molecule has 0 fully saturated rings. The minimum Gasteiger partial charge on any atom is -0.476 e. The summed E-state index contributed by atoms with van der Waals surface area (Å²) in [6.07, 6.45) is 0.812. The summed E-state index contributed by atoms with van der Waals surface area (Å²) < 4.78 is 34.5. The molecule has 0 saturated heterocycles. The van der Waals surface area contributed by atoms with Crippen molar-refractivity contribution in [3.05, 3.63) is 88.5 Å². The van der Waals surface area contributed by atoms with Gasteiger partial charge in [-0.05, 0) is 73.2 Å². The average Bonchev–Trinajstić information content (AvgIpc) is 2.86. The van der Waals surface area contributed by atoms with Gasteiger partial charge in [0.25, 0.3) is 15.9 Å². The van der Waals surface area contributed by atoms with E-state index in [1.165, 1.54) is 15.4 Å². The lowest BCUT2D eigenvalue weighted by atomic mass is 10.0. The Hall–Kier alpha value is -3.32. The van der Waals surface area contributed by atoms with Gasteiger partial charge in [-0.1, -0.05) is 55.8 Å². The second-order valence-electron chi connectivity index (χ2n) is 8.95. The molecule has 1 amide bonds. The van der Waals surface area contributed by atoms with Crippen molar-refractivity contribution in [2.24, 2.45) is 0 Å². The van der Waals surface area contributed by atoms with Crippen molar-refractivity contribution < 1.29 is 17.9 Å². The zero-order valence-corrected chi connectivity index (χ0v) is 21.5. The first-order valence-electron chi connectivity index (χ1n) is 12.0. The second-order valence-corrected chi connectivity index (χ2v) is 10.8. The molecule has 3 aromatic rings. The molecule has 4 rings (SSSR count). The van der Waals surface area contributed by atoms with Crippen LogP contribution in [-0.4, -0.2) is 27.0 Å². The highest BCUT2D eigenvalue weighted by atomic mass is 32.2. The van der Waals surface area contributed by atoms with E-state index in [0.29, 0.717) is 18.0 Å². The van der Waals surface area contributed by atoms with Crippen LogP contribution in [0.25, 0.3) is 0 Å². The van der Waals surface area contributed by atoms with Crippen LogP contribution < -0.4 is 14.4 Å². The van der Waals surface area contributed by atoms with Crippen LogP contribution in [0.15, 0.2) is 65.6 Å². The summed E-state index contributed by atoms with van der Waals surface area (Å²) in [6.45, 7) is 8.25. The van der Waals surface area contributed by atoms with Crippen molar-refractivity contribution in [2.75, 3.05) is 10.8 Å². The molecule has 35 heavy (non-hydrogen) atoms. The highest BCUT2D eigenvalue weighted by molar-refractivity contribution is 7.92. The molecule has 0 bridgehead atoms. The predicted octanol–water partition coefficient (Wildman–Crippen LogP) is 4.70. The highest BCUT2D eigenvalue weighted by Gasteiger charge is 2.37. The summed E-state index contributed by atoms with van der Waals surface area (Å²) in [6, 6.07) is 18.4. The molecule has 1 aliphatic heterocycles. The number of rotatable bonds is 7. The SMILES string of the molecule is CCc1ccc(CC)c(CNC(=O)[C@@H]2CN(S(=O)(=O)c3ccc(C)cc3)c3ccc(C)cc3O2)c1. The van der Waals surface area contributed by atoms with Gasteiger partial charge in [0.2, 0.25) is 0 Å². The molecular formula is C28H32N2O4S. The van der Waals surface area contributed by atoms with Gasteiger partial charge in [-0.15, -0.1) is 0 Å². The van der Waals surface area contributed by atoms with Crippen LogP contribution in [0.4, 0.5) is 5.69 Å². The quantitative estimate of drug-likeness (QED) is 0.519. The number of carbonyl (C=O) groups is 1. The Bertz CT molecular complexity index is 1330. The molecule has 0 aliphatic carbocycles. The molecule has 1 atom stereocenters. The van der Waals surface area contributed by atoms with Crippen LogP contribution in [0.5, 0.6) is 5.75 Å². The van der Waals surface area contributed by atoms with Gasteiger partial charge in [-0.25, -0.2) is 8.42 Å². The third kappa shape index (κ3) is 5.20. The van der Waals surface area contributed by atoms with Crippen LogP contribution in [0.2, 0.25) is 0 Å². The van der Waals surface area contributed by atoms with Crippen LogP contribution in [-0.2, 0) is 34.2 Å². The van der Waals surface area contributed by atoms with E-state index in [4.69, 9.17) is 4.74 Å². The number of anilines is 1. The molecule has 0 saturated carbocycles. The van der Waals surface area contributed by atoms with Crippen molar-refractivity contribution in [3.8, 4) is 5.75 Å². The standard InChI is InChI=1S/C28H32N2O4S/c1-5-21-10-11-22(6-2)23(16-21)17-29-28(31)27-18-30(25-14-9-20(4)15-26(25)34-27)35(32,33)24-12-7-19(3)8-13-24/h7-16,27H,5-6,17-18H2,1-4H3,(H,29,31)/t27-/m0/s1. The summed E-state index contributed by atoms with van der Waals surface area (Å²) in [5.74, 6) is 0.0412. The molecule has 0 spiro atoms. The zero-order chi connectivity index (χ0) is 25.2. The first-order valence-corrected chi connectivity index (χ1v) is 13.4. The maximum Gasteiger partial charge on any atom is 0.264 e. The van der Waals surface area contributed by atoms with E-state index in [0.717, 1.165) is 29.5 Å². The Labute approximate surface area is 208 Å². The predicted molar refractivity (Wildman–Crippen MR) is 138 cm³/mol. The molecule has 7 heteroatoms. The van der Waals surface area contributed by atoms with Gasteiger partial charge in [-0.2, -0.15) is 0 Å². The number of sulfonamides is 1. The Balaban J connectivity index is 1.61. The summed E-state index contributed by atoms with van der Waals surface area (Å²) in [5.41, 5.74) is 5.77. The van der Waals surface area contributed by atoms with Crippen molar-refractivity contribution in [2.45, 2.75) is 58.1 Å². The number of nitrogens with zero attached hydrogens (tertiary/aromatic N) is 1. The molecule has 6 nitrogen and oxygen atoms in total. The van der Waals surface area contributed by atoms with Crippen molar-refractivity contribution in [1.82, 2.24) is 5.32 Å². The number of nitrogens with one attached hydrogen (secondary N) is 1. The normalized spacial score (nSPS) is 15.3. The fraction of sp³-hybridized carbons (Fsp3) is 0.321. The topological polar surface area (TPSA) is 75.7 Å². The molecule has 1 aliphatic rings. The number of hydrogen-bond acceptors (Lipinski definition) is 4. The van der Waals surface area contributed by atoms with Gasteiger partial charge in [0.15, 0.2) is 6.10 Å². The Kier molecular flexibility index (Phi) is 7.17. The number of carbonyl (C=O) groups excluding carboxylic acids is 1. The molecule has 0 radical (unpaired) electrons. The Morgan fingerprint density at radius 2 is 1.66 bits per heavy atom. The number of hydrogen-bond donors (Lipinski definition) is 1. The molecule has 184 valence electrons. The summed E-state index contributed by atoms with van der Waals surface area (Å²) in [5, 5.41) is 2.97. The van der Waals surface area contributed by atoms with Gasteiger partial charge in [0.1, 0.15) is 5.75 Å². The maximum atomic E-state index is 13.6. The van der Waals surface area contributed by atoms with Crippen molar-refractivity contribution >= 4 is 21.6 Å². The van der Waals surface area contributed by atoms with Gasteiger partial charge in [0.05, 0.1) is 17.1 Å². The second kappa shape index (κ2) is 10.1. The van der Waals surface area contributed by atoms with Gasteiger partial charge < -0.3 is 10.1 Å². The van der Waals surface area contributed by atoms with E-state index in [2.05, 4.69) is 37.4 Å². The summed E-state index contributed by atoms with van der Waals surface area (Å²) in [7, 11) is -3.88. The molecule has 0 aromatic heterocycles. The van der Waals surface area contributed by atoms with E-state index in [9.17, 15) is 13.2 Å². The Morgan fingerprint density at radius 1 is 0.943 bits per heavy atom. The van der Waals surface area contributed by atoms with Gasteiger partial charge in [-0.3, -0.25) is 9.10 Å². The van der Waals surface area contributed by atoms with Crippen molar-refractivity contribution in [1.29, 1.82) is 0 Å². The fourth-order valence-corrected chi connectivity index (χ4v) is 5.74. The smallest absolute Gasteiger partial charge is 0.264 e. The van der Waals surface area contributed by atoms with Crippen LogP contribution in [0.1, 0.15) is 41.7 Å². The lowest BCUT2D eigenvalue weighted by molar-refractivity contribution is -0.127. The molecule has 3 aromatic carbocycles. The number of amides is 1. The van der Waals surface area contributed by atoms with Crippen LogP contribution in [0, 0.1) is 13.8 Å². The molecule has 1 heterocycles. The van der Waals surface area contributed by atoms with E-state index < -0.39 is 16.1 Å². The number of ether oxygens (including phenoxy) is 1. The third-order valence-corrected chi connectivity index (χ3v) is 8.19. The number of fused-ring (bicyclic) bond motifs is 1. The van der Waals surface area contributed by atoms with Crippen LogP contribution >= 0.6 is 0 Å². The summed E-state index contributed by atoms with van der Waals surface area (Å²) in [4.78, 5) is 13.4. The lowest BCUT2D eigenvalue weighted by Crippen LogP contribution is -2.50. The van der Waals surface area contributed by atoms with E-state index in [1.54, 1.807) is 36.4 Å². The number of benzene rings is 3. The van der Waals surface area contributed by atoms with Crippen LogP contribution in [0.3, 0.4) is 0 Å². The molecule has 0 unspecified atom stereocenters. The first-order chi connectivity index (χ1) is 16.7. The fourth-order valence-electron chi connectivity index (χ4n) is 4.27. The van der Waals surface area contributed by atoms with E-state index in [1.807, 2.05) is 19.9 Å². The minimum atomic E-state index is -3.88. The zero-order valence-electron chi connectivity index (χ0n) is 20.7. The Morgan fingerprint density at radius 3 is 2.34 bits per heavy atom. The monoisotopic (exact) mass is 492 g/mol. The molecular weight excluding hydrogens is 460 g/mol. The summed E-state index contributed by atoms with van der Waals surface area (Å²) >= 11 is 0. The first kappa shape index (κ1) is 24.8. The van der Waals surface area contributed by atoms with E-state index in [-0.39, 0.29) is 17.3 Å². The van der Waals surface area contributed by atoms with Gasteiger partial charge in [0, 0.05) is 6.54 Å². The van der Waals surface area contributed by atoms with Gasteiger partial charge >= 0.3 is 0 Å². The number of aryl methyl sites for hydroxylation is 4. The third-order valence-electron chi connectivity index (χ3n) is 6.40. The van der Waals surface area contributed by atoms with Crippen molar-refractivity contribution in [3.63, 3.8) is 0 Å². The maximum absolute atomic E-state index is 13.6. The largest absolute Gasteiger partial charge is 0.476 e.